The molecular weight excluding hydrogens is 453 g/mol. The summed E-state index contributed by atoms with van der Waals surface area (Å²) in [5.74, 6) is -0.555. The molecule has 2 heterocycles. The van der Waals surface area contributed by atoms with Crippen molar-refractivity contribution >= 4 is 79.8 Å². The molecule has 0 N–H and O–H groups in total. The number of amides is 2. The number of thioether (sulfide) groups is 2. The van der Waals surface area contributed by atoms with Crippen molar-refractivity contribution in [1.82, 2.24) is 0 Å². The summed E-state index contributed by atoms with van der Waals surface area (Å²) in [4.78, 5) is 30.3. The summed E-state index contributed by atoms with van der Waals surface area (Å²) in [6, 6.07) is 11.8. The molecule has 0 radical (unpaired) electrons. The molecule has 0 saturated carbocycles. The number of hydrogen-bond acceptors (Lipinski definition) is 6. The number of nitrogens with zero attached hydrogens (tertiary/aromatic N) is 2. The van der Waals surface area contributed by atoms with E-state index in [2.05, 4.69) is 0 Å². The average molecular weight is 471 g/mol. The van der Waals surface area contributed by atoms with Crippen molar-refractivity contribution in [3.05, 3.63) is 68.5 Å². The summed E-state index contributed by atoms with van der Waals surface area (Å²) in [6.07, 6.45) is 0. The largest absolute Gasteiger partial charge is 0.272 e. The van der Waals surface area contributed by atoms with Crippen LogP contribution in [0.3, 0.4) is 0 Å². The van der Waals surface area contributed by atoms with Crippen LogP contribution < -0.4 is 9.80 Å². The van der Waals surface area contributed by atoms with E-state index in [0.717, 1.165) is 57.2 Å². The van der Waals surface area contributed by atoms with Crippen LogP contribution >= 0.6 is 48.0 Å². The SMILES string of the molecule is Cc1ccc(C)c(N2C(=O)/C(=C3\SC(=S)N(c4cc(C)ccc4C)C3=O)SC2=S)c1. The maximum Gasteiger partial charge on any atom is 0.272 e. The zero-order valence-corrected chi connectivity index (χ0v) is 20.1. The van der Waals surface area contributed by atoms with Gasteiger partial charge in [-0.3, -0.25) is 19.4 Å². The summed E-state index contributed by atoms with van der Waals surface area (Å²) < 4.78 is 0.835. The highest BCUT2D eigenvalue weighted by Crippen LogP contribution is 2.45. The Labute approximate surface area is 194 Å². The first-order chi connectivity index (χ1) is 14.2. The molecular formula is C22H18N2O2S4. The number of anilines is 2. The van der Waals surface area contributed by atoms with Gasteiger partial charge in [-0.25, -0.2) is 0 Å². The molecule has 2 saturated heterocycles. The lowest BCUT2D eigenvalue weighted by Crippen LogP contribution is -2.30. The summed E-state index contributed by atoms with van der Waals surface area (Å²) in [5, 5.41) is 0. The molecule has 4 nitrogen and oxygen atoms in total. The van der Waals surface area contributed by atoms with Gasteiger partial charge in [0.15, 0.2) is 8.64 Å². The minimum atomic E-state index is -0.278. The Balaban J connectivity index is 1.75. The van der Waals surface area contributed by atoms with Crippen molar-refractivity contribution < 1.29 is 9.59 Å². The molecule has 2 amide bonds. The third-order valence-corrected chi connectivity index (χ3v) is 7.83. The summed E-state index contributed by atoms with van der Waals surface area (Å²) in [7, 11) is 0. The van der Waals surface area contributed by atoms with Crippen molar-refractivity contribution in [2.75, 3.05) is 9.80 Å². The molecule has 8 heteroatoms. The van der Waals surface area contributed by atoms with E-state index in [1.54, 1.807) is 0 Å². The number of aryl methyl sites for hydroxylation is 4. The van der Waals surface area contributed by atoms with Crippen LogP contribution in [0, 0.1) is 27.7 Å². The minimum Gasteiger partial charge on any atom is -0.268 e. The monoisotopic (exact) mass is 470 g/mol. The van der Waals surface area contributed by atoms with Gasteiger partial charge in [0.05, 0.1) is 21.2 Å². The maximum absolute atomic E-state index is 13.3. The van der Waals surface area contributed by atoms with Gasteiger partial charge in [-0.1, -0.05) is 72.2 Å². The Hall–Kier alpha value is -2.00. The molecule has 0 atom stereocenters. The summed E-state index contributed by atoms with van der Waals surface area (Å²) in [6.45, 7) is 7.81. The molecule has 0 bridgehead atoms. The van der Waals surface area contributed by atoms with Crippen molar-refractivity contribution in [2.45, 2.75) is 27.7 Å². The van der Waals surface area contributed by atoms with Crippen LogP contribution in [0.1, 0.15) is 22.3 Å². The van der Waals surface area contributed by atoms with Crippen molar-refractivity contribution in [3.63, 3.8) is 0 Å². The zero-order valence-electron chi connectivity index (χ0n) is 16.8. The third-order valence-electron chi connectivity index (χ3n) is 4.96. The summed E-state index contributed by atoms with van der Waals surface area (Å²) in [5.41, 5.74) is 5.45. The standard InChI is InChI=1S/C22H18N2O2S4/c1-11-5-7-13(3)15(9-11)23-19(25)17(29-21(23)27)18-20(26)24(22(28)30-18)16-10-12(2)6-8-14(16)4/h5-10H,1-4H3/b18-17+. The van der Waals surface area contributed by atoms with E-state index in [0.29, 0.717) is 18.5 Å². The van der Waals surface area contributed by atoms with Crippen LogP contribution in [0.25, 0.3) is 0 Å². The van der Waals surface area contributed by atoms with E-state index in [4.69, 9.17) is 24.4 Å². The first kappa shape index (κ1) is 21.2. The van der Waals surface area contributed by atoms with Gasteiger partial charge >= 0.3 is 0 Å². The molecule has 0 spiro atoms. The fourth-order valence-electron chi connectivity index (χ4n) is 3.35. The molecule has 2 aromatic rings. The van der Waals surface area contributed by atoms with E-state index in [1.807, 2.05) is 64.1 Å². The van der Waals surface area contributed by atoms with Crippen LogP contribution in [0.4, 0.5) is 11.4 Å². The summed E-state index contributed by atoms with van der Waals surface area (Å²) >= 11 is 13.3. The van der Waals surface area contributed by atoms with Gasteiger partial charge in [0, 0.05) is 0 Å². The molecule has 2 aliphatic heterocycles. The van der Waals surface area contributed by atoms with Gasteiger partial charge in [-0.15, -0.1) is 0 Å². The Morgan fingerprint density at radius 1 is 0.667 bits per heavy atom. The van der Waals surface area contributed by atoms with Gasteiger partial charge < -0.3 is 0 Å². The number of carbonyl (C=O) groups is 2. The fraction of sp³-hybridized carbons (Fsp3) is 0.182. The fourth-order valence-corrected chi connectivity index (χ4v) is 6.07. The van der Waals surface area contributed by atoms with Crippen LogP contribution in [0.2, 0.25) is 0 Å². The lowest BCUT2D eigenvalue weighted by atomic mass is 10.1. The highest BCUT2D eigenvalue weighted by Gasteiger charge is 2.43. The van der Waals surface area contributed by atoms with Crippen LogP contribution in [0.5, 0.6) is 0 Å². The highest BCUT2D eigenvalue weighted by molar-refractivity contribution is 8.30. The van der Waals surface area contributed by atoms with Gasteiger partial charge in [0.25, 0.3) is 11.8 Å². The van der Waals surface area contributed by atoms with E-state index < -0.39 is 0 Å². The van der Waals surface area contributed by atoms with E-state index in [1.165, 1.54) is 9.80 Å². The van der Waals surface area contributed by atoms with Gasteiger partial charge in [0.1, 0.15) is 0 Å². The van der Waals surface area contributed by atoms with E-state index >= 15 is 0 Å². The highest BCUT2D eigenvalue weighted by atomic mass is 32.2. The second-order valence-electron chi connectivity index (χ2n) is 7.26. The number of carbonyl (C=O) groups excluding carboxylic acids is 2. The predicted octanol–water partition coefficient (Wildman–Crippen LogP) is 5.56. The Kier molecular flexibility index (Phi) is 5.61. The molecule has 0 aliphatic carbocycles. The van der Waals surface area contributed by atoms with Crippen molar-refractivity contribution in [2.24, 2.45) is 0 Å². The number of thiocarbonyl (C=S) groups is 2. The molecule has 4 rings (SSSR count). The minimum absolute atomic E-state index is 0.278. The molecule has 2 fully saturated rings. The second-order valence-corrected chi connectivity index (χ2v) is 10.5. The molecule has 2 aliphatic rings. The van der Waals surface area contributed by atoms with Gasteiger partial charge in [-0.05, 0) is 62.1 Å². The lowest BCUT2D eigenvalue weighted by Gasteiger charge is -2.18. The number of benzene rings is 2. The third kappa shape index (κ3) is 3.51. The average Bonchev–Trinajstić information content (AvgIpc) is 3.14. The maximum atomic E-state index is 13.3. The van der Waals surface area contributed by atoms with Crippen LogP contribution in [-0.4, -0.2) is 20.5 Å². The lowest BCUT2D eigenvalue weighted by molar-refractivity contribution is -0.115. The molecule has 0 aromatic heterocycles. The van der Waals surface area contributed by atoms with Crippen molar-refractivity contribution in [1.29, 1.82) is 0 Å². The van der Waals surface area contributed by atoms with Gasteiger partial charge in [-0.2, -0.15) is 0 Å². The van der Waals surface area contributed by atoms with Crippen molar-refractivity contribution in [3.8, 4) is 0 Å². The Bertz CT molecular complexity index is 1090. The number of hydrogen-bond donors (Lipinski definition) is 0. The first-order valence-corrected chi connectivity index (χ1v) is 11.7. The Morgan fingerprint density at radius 2 is 1.03 bits per heavy atom. The number of rotatable bonds is 2. The van der Waals surface area contributed by atoms with Gasteiger partial charge in [0.2, 0.25) is 0 Å². The quantitative estimate of drug-likeness (QED) is 0.423. The first-order valence-electron chi connectivity index (χ1n) is 9.20. The second kappa shape index (κ2) is 7.92. The Morgan fingerprint density at radius 3 is 1.40 bits per heavy atom. The molecule has 2 aromatic carbocycles. The van der Waals surface area contributed by atoms with E-state index in [9.17, 15) is 9.59 Å². The molecule has 30 heavy (non-hydrogen) atoms. The van der Waals surface area contributed by atoms with Crippen LogP contribution in [-0.2, 0) is 9.59 Å². The molecule has 0 unspecified atom stereocenters. The zero-order chi connectivity index (χ0) is 21.7. The molecule has 152 valence electrons. The topological polar surface area (TPSA) is 40.6 Å². The normalized spacial score (nSPS) is 19.5. The smallest absolute Gasteiger partial charge is 0.268 e. The van der Waals surface area contributed by atoms with Crippen LogP contribution in [0.15, 0.2) is 46.2 Å². The predicted molar refractivity (Wildman–Crippen MR) is 134 cm³/mol. The van der Waals surface area contributed by atoms with E-state index in [-0.39, 0.29) is 11.8 Å².